The van der Waals surface area contributed by atoms with E-state index in [-0.39, 0.29) is 11.8 Å². The summed E-state index contributed by atoms with van der Waals surface area (Å²) >= 11 is 0. The molecule has 1 aliphatic rings. The molecule has 0 saturated carbocycles. The highest BCUT2D eigenvalue weighted by Crippen LogP contribution is 2.35. The smallest absolute Gasteiger partial charge is 0.353 e. The Balaban J connectivity index is 3.35. The van der Waals surface area contributed by atoms with Gasteiger partial charge in [-0.3, -0.25) is 9.69 Å². The van der Waals surface area contributed by atoms with Crippen LogP contribution in [0.3, 0.4) is 0 Å². The Bertz CT molecular complexity index is 389. The minimum atomic E-state index is -0.985. The number of nitrogens with zero attached hydrogens (tertiary/aromatic N) is 2. The van der Waals surface area contributed by atoms with Crippen LogP contribution >= 0.6 is 0 Å². The van der Waals surface area contributed by atoms with Crippen molar-refractivity contribution in [2.75, 3.05) is 14.2 Å². The van der Waals surface area contributed by atoms with E-state index in [1.807, 2.05) is 0 Å². The Labute approximate surface area is 100 Å². The average Bonchev–Trinajstić information content (AvgIpc) is 2.31. The Hall–Kier alpha value is -1.91. The van der Waals surface area contributed by atoms with Gasteiger partial charge >= 0.3 is 6.03 Å². The molecule has 5 heteroatoms. The van der Waals surface area contributed by atoms with E-state index in [9.17, 15) is 9.59 Å². The minimum Gasteiger partial charge on any atom is -0.483 e. The zero-order valence-electron chi connectivity index (χ0n) is 10.1. The topological polar surface area (TPSA) is 59.0 Å². The van der Waals surface area contributed by atoms with Crippen molar-refractivity contribution in [1.82, 2.24) is 4.90 Å². The SMILES string of the molecule is C=CCC1(CC=C)C(=O)N(C)C(=O)N=C1OC. The lowest BCUT2D eigenvalue weighted by Crippen LogP contribution is -2.53. The first-order chi connectivity index (χ1) is 8.03. The molecule has 1 rings (SSSR count). The number of carbonyl (C=O) groups is 2. The molecule has 0 aromatic rings. The number of allylic oxidation sites excluding steroid dienone is 2. The molecule has 0 N–H and O–H groups in total. The molecule has 5 nitrogen and oxygen atoms in total. The molecule has 0 spiro atoms. The number of amides is 3. The van der Waals surface area contributed by atoms with Crippen LogP contribution in [-0.4, -0.2) is 36.9 Å². The first kappa shape index (κ1) is 13.2. The van der Waals surface area contributed by atoms with Crippen LogP contribution in [-0.2, 0) is 9.53 Å². The number of hydrogen-bond acceptors (Lipinski definition) is 3. The van der Waals surface area contributed by atoms with Crippen LogP contribution in [0.2, 0.25) is 0 Å². The van der Waals surface area contributed by atoms with Gasteiger partial charge in [-0.1, -0.05) is 12.2 Å². The molecular weight excluding hydrogens is 220 g/mol. The van der Waals surface area contributed by atoms with Gasteiger partial charge in [-0.15, -0.1) is 13.2 Å². The predicted molar refractivity (Wildman–Crippen MR) is 64.7 cm³/mol. The van der Waals surface area contributed by atoms with Crippen molar-refractivity contribution in [2.24, 2.45) is 10.4 Å². The molecule has 0 aliphatic carbocycles. The summed E-state index contributed by atoms with van der Waals surface area (Å²) in [5, 5.41) is 0. The summed E-state index contributed by atoms with van der Waals surface area (Å²) in [5.41, 5.74) is -0.985. The van der Waals surface area contributed by atoms with Crippen LogP contribution in [0.15, 0.2) is 30.3 Å². The van der Waals surface area contributed by atoms with Crippen molar-refractivity contribution in [3.05, 3.63) is 25.3 Å². The van der Waals surface area contributed by atoms with E-state index < -0.39 is 11.4 Å². The Morgan fingerprint density at radius 1 is 1.35 bits per heavy atom. The highest BCUT2D eigenvalue weighted by atomic mass is 16.5. The second kappa shape index (κ2) is 4.95. The zero-order valence-corrected chi connectivity index (χ0v) is 10.1. The maximum Gasteiger partial charge on any atom is 0.353 e. The van der Waals surface area contributed by atoms with Gasteiger partial charge in [-0.05, 0) is 12.8 Å². The lowest BCUT2D eigenvalue weighted by molar-refractivity contribution is -0.135. The lowest BCUT2D eigenvalue weighted by atomic mass is 9.78. The summed E-state index contributed by atoms with van der Waals surface area (Å²) < 4.78 is 5.09. The standard InChI is InChI=1S/C12H16N2O3/c1-5-7-12(8-6-2)9(17-4)13-11(16)14(3)10(12)15/h5-6H,1-2,7-8H2,3-4H3. The molecular formula is C12H16N2O3. The van der Waals surface area contributed by atoms with E-state index in [1.165, 1.54) is 14.2 Å². The average molecular weight is 236 g/mol. The van der Waals surface area contributed by atoms with Gasteiger partial charge in [0.2, 0.25) is 11.8 Å². The van der Waals surface area contributed by atoms with E-state index in [0.29, 0.717) is 12.8 Å². The maximum atomic E-state index is 12.3. The summed E-state index contributed by atoms with van der Waals surface area (Å²) in [6.45, 7) is 7.26. The molecule has 1 aliphatic heterocycles. The lowest BCUT2D eigenvalue weighted by Gasteiger charge is -2.36. The fourth-order valence-electron chi connectivity index (χ4n) is 1.93. The summed E-state index contributed by atoms with van der Waals surface area (Å²) in [6.07, 6.45) is 3.92. The maximum absolute atomic E-state index is 12.3. The number of imide groups is 1. The normalized spacial score (nSPS) is 18.7. The first-order valence-electron chi connectivity index (χ1n) is 5.20. The van der Waals surface area contributed by atoms with Crippen LogP contribution in [0.4, 0.5) is 4.79 Å². The molecule has 17 heavy (non-hydrogen) atoms. The van der Waals surface area contributed by atoms with Crippen LogP contribution in [0, 0.1) is 5.41 Å². The number of hydrogen-bond donors (Lipinski definition) is 0. The highest BCUT2D eigenvalue weighted by Gasteiger charge is 2.49. The fourth-order valence-corrected chi connectivity index (χ4v) is 1.93. The molecule has 0 atom stereocenters. The van der Waals surface area contributed by atoms with Gasteiger partial charge in [0.05, 0.1) is 7.11 Å². The number of carbonyl (C=O) groups excluding carboxylic acids is 2. The molecule has 1 heterocycles. The second-order valence-electron chi connectivity index (χ2n) is 3.84. The molecule has 0 radical (unpaired) electrons. The number of methoxy groups -OCH3 is 1. The van der Waals surface area contributed by atoms with Gasteiger partial charge in [-0.2, -0.15) is 4.99 Å². The molecule has 0 aromatic carbocycles. The third-order valence-corrected chi connectivity index (χ3v) is 2.79. The molecule has 0 bridgehead atoms. The van der Waals surface area contributed by atoms with E-state index in [0.717, 1.165) is 4.90 Å². The third kappa shape index (κ3) is 2.00. The van der Waals surface area contributed by atoms with Crippen LogP contribution in [0.25, 0.3) is 0 Å². The monoisotopic (exact) mass is 236 g/mol. The zero-order chi connectivity index (χ0) is 13.1. The van der Waals surface area contributed by atoms with Crippen molar-refractivity contribution < 1.29 is 14.3 Å². The number of rotatable bonds is 4. The first-order valence-corrected chi connectivity index (χ1v) is 5.20. The van der Waals surface area contributed by atoms with E-state index in [2.05, 4.69) is 18.2 Å². The number of aliphatic imine (C=N–C) groups is 1. The van der Waals surface area contributed by atoms with Crippen molar-refractivity contribution in [1.29, 1.82) is 0 Å². The number of urea groups is 1. The van der Waals surface area contributed by atoms with E-state index in [1.54, 1.807) is 12.2 Å². The summed E-state index contributed by atoms with van der Waals surface area (Å²) in [5.74, 6) is -0.209. The quantitative estimate of drug-likeness (QED) is 0.699. The second-order valence-corrected chi connectivity index (χ2v) is 3.84. The van der Waals surface area contributed by atoms with Crippen molar-refractivity contribution in [2.45, 2.75) is 12.8 Å². The van der Waals surface area contributed by atoms with Crippen LogP contribution < -0.4 is 0 Å². The molecule has 0 unspecified atom stereocenters. The summed E-state index contributed by atoms with van der Waals surface area (Å²) in [6, 6.07) is -0.615. The highest BCUT2D eigenvalue weighted by molar-refractivity contribution is 6.17. The van der Waals surface area contributed by atoms with Gasteiger partial charge in [-0.25, -0.2) is 4.79 Å². The van der Waals surface area contributed by atoms with Crippen LogP contribution in [0.5, 0.6) is 0 Å². The van der Waals surface area contributed by atoms with Gasteiger partial charge in [0.15, 0.2) is 0 Å². The Morgan fingerprint density at radius 2 is 1.88 bits per heavy atom. The van der Waals surface area contributed by atoms with Crippen molar-refractivity contribution in [3.8, 4) is 0 Å². The van der Waals surface area contributed by atoms with Crippen molar-refractivity contribution in [3.63, 3.8) is 0 Å². The van der Waals surface area contributed by atoms with Gasteiger partial charge in [0.25, 0.3) is 0 Å². The Morgan fingerprint density at radius 3 is 2.29 bits per heavy atom. The molecule has 3 amide bonds. The Kier molecular flexibility index (Phi) is 3.83. The molecule has 0 fully saturated rings. The van der Waals surface area contributed by atoms with Crippen molar-refractivity contribution >= 4 is 17.8 Å². The molecule has 92 valence electrons. The summed E-state index contributed by atoms with van der Waals surface area (Å²) in [7, 11) is 2.80. The predicted octanol–water partition coefficient (Wildman–Crippen LogP) is 1.76. The van der Waals surface area contributed by atoms with E-state index in [4.69, 9.17) is 4.74 Å². The van der Waals surface area contributed by atoms with Gasteiger partial charge < -0.3 is 4.74 Å². The largest absolute Gasteiger partial charge is 0.483 e. The van der Waals surface area contributed by atoms with Gasteiger partial charge in [0, 0.05) is 7.05 Å². The minimum absolute atomic E-state index is 0.130. The third-order valence-electron chi connectivity index (χ3n) is 2.79. The molecule has 0 saturated heterocycles. The fraction of sp³-hybridized carbons (Fsp3) is 0.417. The number of ether oxygens (including phenoxy) is 1. The summed E-state index contributed by atoms with van der Waals surface area (Å²) in [4.78, 5) is 28.5. The molecule has 0 aromatic heterocycles. The van der Waals surface area contributed by atoms with Crippen LogP contribution in [0.1, 0.15) is 12.8 Å². The van der Waals surface area contributed by atoms with E-state index >= 15 is 0 Å². The van der Waals surface area contributed by atoms with Gasteiger partial charge in [0.1, 0.15) is 5.41 Å².